The van der Waals surface area contributed by atoms with Gasteiger partial charge in [0.2, 0.25) is 0 Å². The van der Waals surface area contributed by atoms with Crippen LogP contribution in [0.5, 0.6) is 5.75 Å². The Morgan fingerprint density at radius 1 is 1.36 bits per heavy atom. The van der Waals surface area contributed by atoms with E-state index in [1.54, 1.807) is 0 Å². The third-order valence-electron chi connectivity index (χ3n) is 6.37. The van der Waals surface area contributed by atoms with Gasteiger partial charge in [0.1, 0.15) is 22.6 Å². The lowest BCUT2D eigenvalue weighted by atomic mass is 9.85. The Kier molecular flexibility index (Phi) is 5.29. The lowest BCUT2D eigenvalue weighted by Gasteiger charge is -2.42. The third kappa shape index (κ3) is 3.61. The molecular formula is C22H30ClN3O2. The first kappa shape index (κ1) is 19.9. The van der Waals surface area contributed by atoms with Crippen LogP contribution in [0.15, 0.2) is 18.2 Å². The Morgan fingerprint density at radius 3 is 2.86 bits per heavy atom. The van der Waals surface area contributed by atoms with E-state index in [1.165, 1.54) is 19.4 Å². The number of hydrogen-bond donors (Lipinski definition) is 2. The smallest absolute Gasteiger partial charge is 0.131 e. The van der Waals surface area contributed by atoms with Crippen molar-refractivity contribution in [2.45, 2.75) is 63.8 Å². The molecule has 5 nitrogen and oxygen atoms in total. The fraction of sp³-hybridized carbons (Fsp3) is 0.591. The number of aryl methyl sites for hydroxylation is 1. The van der Waals surface area contributed by atoms with Gasteiger partial charge in [0.25, 0.3) is 0 Å². The monoisotopic (exact) mass is 403 g/mol. The van der Waals surface area contributed by atoms with Gasteiger partial charge < -0.3 is 20.1 Å². The molecule has 0 aliphatic carbocycles. The highest BCUT2D eigenvalue weighted by molar-refractivity contribution is 6.29. The number of nitrogens with one attached hydrogen (secondary N) is 1. The van der Waals surface area contributed by atoms with Gasteiger partial charge in [-0.15, -0.1) is 0 Å². The molecular weight excluding hydrogens is 374 g/mol. The maximum Gasteiger partial charge on any atom is 0.131 e. The summed E-state index contributed by atoms with van der Waals surface area (Å²) in [6.07, 6.45) is 2.95. The molecule has 0 spiro atoms. The zero-order chi connectivity index (χ0) is 20.1. The van der Waals surface area contributed by atoms with E-state index in [9.17, 15) is 5.11 Å². The summed E-state index contributed by atoms with van der Waals surface area (Å²) < 4.78 is 6.19. The highest BCUT2D eigenvalue weighted by Crippen LogP contribution is 2.42. The number of pyridine rings is 1. The summed E-state index contributed by atoms with van der Waals surface area (Å²) in [5.74, 6) is 0.811. The molecule has 2 aromatic rings. The SMILES string of the molecule is Cc1cc(Cl)nc2cc3c(cc12)OC(C)(C)C(O)C3NCCC1CCCN1C. The zero-order valence-corrected chi connectivity index (χ0v) is 17.9. The predicted molar refractivity (Wildman–Crippen MR) is 113 cm³/mol. The van der Waals surface area contributed by atoms with E-state index in [1.807, 2.05) is 39.0 Å². The molecule has 1 aromatic carbocycles. The van der Waals surface area contributed by atoms with E-state index in [2.05, 4.69) is 22.2 Å². The van der Waals surface area contributed by atoms with Crippen molar-refractivity contribution >= 4 is 22.5 Å². The zero-order valence-electron chi connectivity index (χ0n) is 17.1. The second-order valence-corrected chi connectivity index (χ2v) is 9.20. The number of hydrogen-bond acceptors (Lipinski definition) is 5. The molecule has 3 heterocycles. The van der Waals surface area contributed by atoms with Crippen LogP contribution >= 0.6 is 11.6 Å². The van der Waals surface area contributed by atoms with Gasteiger partial charge in [-0.3, -0.25) is 0 Å². The van der Waals surface area contributed by atoms with E-state index < -0.39 is 11.7 Å². The van der Waals surface area contributed by atoms with Crippen LogP contribution in [0.1, 0.15) is 50.3 Å². The molecule has 0 saturated carbocycles. The van der Waals surface area contributed by atoms with Crippen LogP contribution in [-0.2, 0) is 0 Å². The van der Waals surface area contributed by atoms with E-state index in [0.29, 0.717) is 11.2 Å². The summed E-state index contributed by atoms with van der Waals surface area (Å²) >= 11 is 6.18. The topological polar surface area (TPSA) is 57.6 Å². The van der Waals surface area contributed by atoms with Crippen LogP contribution < -0.4 is 10.1 Å². The quantitative estimate of drug-likeness (QED) is 0.759. The first-order valence-electron chi connectivity index (χ1n) is 10.2. The van der Waals surface area contributed by atoms with Gasteiger partial charge in [0, 0.05) is 17.0 Å². The van der Waals surface area contributed by atoms with Crippen molar-refractivity contribution < 1.29 is 9.84 Å². The number of aliphatic hydroxyl groups excluding tert-OH is 1. The fourth-order valence-electron chi connectivity index (χ4n) is 4.61. The first-order chi connectivity index (χ1) is 13.3. The Bertz CT molecular complexity index is 886. The molecule has 2 aliphatic heterocycles. The summed E-state index contributed by atoms with van der Waals surface area (Å²) in [5, 5.41) is 16.1. The van der Waals surface area contributed by atoms with Gasteiger partial charge in [0.05, 0.1) is 11.6 Å². The number of likely N-dealkylation sites (tertiary alicyclic amines) is 1. The molecule has 2 aliphatic rings. The average Bonchev–Trinajstić information content (AvgIpc) is 3.02. The highest BCUT2D eigenvalue weighted by Gasteiger charge is 2.43. The summed E-state index contributed by atoms with van der Waals surface area (Å²) in [6.45, 7) is 7.94. The number of nitrogens with zero attached hydrogens (tertiary/aromatic N) is 2. The van der Waals surface area contributed by atoms with E-state index in [0.717, 1.165) is 40.7 Å². The van der Waals surface area contributed by atoms with Crippen LogP contribution in [0.3, 0.4) is 0 Å². The molecule has 28 heavy (non-hydrogen) atoms. The van der Waals surface area contributed by atoms with Gasteiger partial charge >= 0.3 is 0 Å². The molecule has 1 fully saturated rings. The molecule has 3 unspecified atom stereocenters. The largest absolute Gasteiger partial charge is 0.485 e. The Balaban J connectivity index is 1.65. The summed E-state index contributed by atoms with van der Waals surface area (Å²) in [7, 11) is 2.20. The molecule has 0 amide bonds. The number of rotatable bonds is 4. The van der Waals surface area contributed by atoms with E-state index in [4.69, 9.17) is 16.3 Å². The minimum atomic E-state index is -0.670. The summed E-state index contributed by atoms with van der Waals surface area (Å²) in [4.78, 5) is 6.92. The van der Waals surface area contributed by atoms with E-state index in [-0.39, 0.29) is 6.04 Å². The highest BCUT2D eigenvalue weighted by atomic mass is 35.5. The third-order valence-corrected chi connectivity index (χ3v) is 6.56. The van der Waals surface area contributed by atoms with Gasteiger partial charge in [-0.2, -0.15) is 0 Å². The number of aliphatic hydroxyl groups is 1. The van der Waals surface area contributed by atoms with Gasteiger partial charge in [0.15, 0.2) is 0 Å². The van der Waals surface area contributed by atoms with Crippen molar-refractivity contribution in [3.05, 3.63) is 34.5 Å². The molecule has 152 valence electrons. The van der Waals surface area contributed by atoms with Crippen LogP contribution in [0.25, 0.3) is 10.9 Å². The second kappa shape index (κ2) is 7.45. The van der Waals surface area contributed by atoms with E-state index >= 15 is 0 Å². The Morgan fingerprint density at radius 2 is 2.14 bits per heavy atom. The lowest BCUT2D eigenvalue weighted by Crippen LogP contribution is -2.52. The summed E-state index contributed by atoms with van der Waals surface area (Å²) in [6, 6.07) is 6.35. The molecule has 3 atom stereocenters. The van der Waals surface area contributed by atoms with Crippen molar-refractivity contribution in [2.75, 3.05) is 20.1 Å². The first-order valence-corrected chi connectivity index (χ1v) is 10.6. The minimum absolute atomic E-state index is 0.198. The molecule has 2 N–H and O–H groups in total. The molecule has 0 bridgehead atoms. The standard InChI is InChI=1S/C22H30ClN3O2/c1-13-10-19(23)25-17-11-16-18(12-15(13)17)28-22(2,3)21(27)20(16)24-8-7-14-6-5-9-26(14)4/h10-12,14,20-21,24,27H,5-9H2,1-4H3. The van der Waals surface area contributed by atoms with Crippen molar-refractivity contribution in [3.8, 4) is 5.75 Å². The van der Waals surface area contributed by atoms with Crippen LogP contribution in [0.2, 0.25) is 5.15 Å². The van der Waals surface area contributed by atoms with Gasteiger partial charge in [-0.05, 0) is 83.9 Å². The van der Waals surface area contributed by atoms with Gasteiger partial charge in [-0.1, -0.05) is 11.6 Å². The fourth-order valence-corrected chi connectivity index (χ4v) is 4.87. The number of halogens is 1. The average molecular weight is 404 g/mol. The molecule has 1 saturated heterocycles. The lowest BCUT2D eigenvalue weighted by molar-refractivity contribution is -0.0645. The van der Waals surface area contributed by atoms with Crippen LogP contribution in [-0.4, -0.2) is 52.9 Å². The second-order valence-electron chi connectivity index (χ2n) is 8.82. The van der Waals surface area contributed by atoms with Crippen molar-refractivity contribution in [1.82, 2.24) is 15.2 Å². The molecule has 1 aromatic heterocycles. The molecule has 6 heteroatoms. The predicted octanol–water partition coefficient (Wildman–Crippen LogP) is 3.84. The summed E-state index contributed by atoms with van der Waals surface area (Å²) in [5.41, 5.74) is 2.19. The van der Waals surface area contributed by atoms with Crippen molar-refractivity contribution in [3.63, 3.8) is 0 Å². The molecule has 0 radical (unpaired) electrons. The van der Waals surface area contributed by atoms with Crippen LogP contribution in [0, 0.1) is 6.92 Å². The van der Waals surface area contributed by atoms with Crippen LogP contribution in [0.4, 0.5) is 0 Å². The normalized spacial score (nSPS) is 27.0. The van der Waals surface area contributed by atoms with Crippen molar-refractivity contribution in [2.24, 2.45) is 0 Å². The maximum atomic E-state index is 11.0. The Hall–Kier alpha value is -1.40. The maximum absolute atomic E-state index is 11.0. The number of ether oxygens (including phenoxy) is 1. The number of fused-ring (bicyclic) bond motifs is 2. The molecule has 4 rings (SSSR count). The van der Waals surface area contributed by atoms with Gasteiger partial charge in [-0.25, -0.2) is 4.98 Å². The Labute approximate surface area is 172 Å². The van der Waals surface area contributed by atoms with Crippen molar-refractivity contribution in [1.29, 1.82) is 0 Å². The number of aromatic nitrogens is 1. The minimum Gasteiger partial charge on any atom is -0.485 e. The number of benzene rings is 1.